The van der Waals surface area contributed by atoms with Gasteiger partial charge in [-0.1, -0.05) is 45.9 Å². The van der Waals surface area contributed by atoms with Crippen molar-refractivity contribution in [1.29, 1.82) is 0 Å². The van der Waals surface area contributed by atoms with Crippen LogP contribution in [-0.4, -0.2) is 17.4 Å². The van der Waals surface area contributed by atoms with Crippen LogP contribution in [0.2, 0.25) is 0 Å². The molecule has 1 saturated heterocycles. The fourth-order valence-electron chi connectivity index (χ4n) is 2.43. The van der Waals surface area contributed by atoms with Crippen LogP contribution in [0.5, 0.6) is 0 Å². The molecule has 1 fully saturated rings. The Hall–Kier alpha value is -1.31. The smallest absolute Gasteiger partial charge is 0.230 e. The van der Waals surface area contributed by atoms with Crippen molar-refractivity contribution < 1.29 is 4.79 Å². The number of piperidine rings is 1. The Labute approximate surface area is 110 Å². The van der Waals surface area contributed by atoms with E-state index >= 15 is 0 Å². The van der Waals surface area contributed by atoms with E-state index in [2.05, 4.69) is 45.1 Å². The van der Waals surface area contributed by atoms with E-state index in [0.29, 0.717) is 5.92 Å². The first kappa shape index (κ1) is 13.1. The average molecular weight is 245 g/mol. The van der Waals surface area contributed by atoms with Crippen molar-refractivity contribution in [3.05, 3.63) is 36.1 Å². The maximum absolute atomic E-state index is 12.5. The van der Waals surface area contributed by atoms with E-state index in [1.807, 2.05) is 17.9 Å². The maximum atomic E-state index is 12.5. The van der Waals surface area contributed by atoms with Gasteiger partial charge in [0.05, 0.1) is 0 Å². The first-order chi connectivity index (χ1) is 8.42. The lowest BCUT2D eigenvalue weighted by Crippen LogP contribution is -2.47. The van der Waals surface area contributed by atoms with Gasteiger partial charge in [-0.2, -0.15) is 0 Å². The molecule has 0 saturated carbocycles. The molecule has 1 heterocycles. The van der Waals surface area contributed by atoms with E-state index in [-0.39, 0.29) is 17.2 Å². The minimum Gasteiger partial charge on any atom is -0.312 e. The second kappa shape index (κ2) is 4.75. The molecule has 0 aromatic heterocycles. The van der Waals surface area contributed by atoms with Crippen LogP contribution >= 0.6 is 0 Å². The molecular formula is C16H23NO. The summed E-state index contributed by atoms with van der Waals surface area (Å²) in [5.41, 5.74) is 1.15. The Morgan fingerprint density at radius 2 is 2.00 bits per heavy atom. The molecule has 0 spiro atoms. The van der Waals surface area contributed by atoms with Gasteiger partial charge in [0.1, 0.15) is 0 Å². The van der Waals surface area contributed by atoms with Crippen LogP contribution in [0.3, 0.4) is 0 Å². The second-order valence-corrected chi connectivity index (χ2v) is 6.14. The summed E-state index contributed by atoms with van der Waals surface area (Å²) < 4.78 is 0. The topological polar surface area (TPSA) is 20.3 Å². The van der Waals surface area contributed by atoms with Gasteiger partial charge in [-0.15, -0.1) is 0 Å². The molecule has 98 valence electrons. The molecule has 1 aliphatic carbocycles. The normalized spacial score (nSPS) is 31.2. The monoisotopic (exact) mass is 245 g/mol. The summed E-state index contributed by atoms with van der Waals surface area (Å²) in [5.74, 6) is 0.780. The fraction of sp³-hybridized carbons (Fsp3) is 0.562. The number of hydrogen-bond acceptors (Lipinski definition) is 1. The number of carbonyl (C=O) groups excluding carboxylic acids is 1. The largest absolute Gasteiger partial charge is 0.312 e. The van der Waals surface area contributed by atoms with Crippen LogP contribution < -0.4 is 0 Å². The molecule has 0 bridgehead atoms. The molecule has 0 aromatic rings. The van der Waals surface area contributed by atoms with Crippen LogP contribution in [0.25, 0.3) is 0 Å². The summed E-state index contributed by atoms with van der Waals surface area (Å²) in [6.45, 7) is 9.40. The van der Waals surface area contributed by atoms with Gasteiger partial charge >= 0.3 is 0 Å². The third-order valence-corrected chi connectivity index (χ3v) is 4.35. The number of hydrogen-bond donors (Lipinski definition) is 0. The third kappa shape index (κ3) is 2.43. The first-order valence-electron chi connectivity index (χ1n) is 6.80. The Balaban J connectivity index is 2.21. The van der Waals surface area contributed by atoms with E-state index in [4.69, 9.17) is 0 Å². The van der Waals surface area contributed by atoms with Crippen LogP contribution in [0, 0.1) is 17.3 Å². The van der Waals surface area contributed by atoms with Crippen LogP contribution in [0.1, 0.15) is 34.1 Å². The van der Waals surface area contributed by atoms with Gasteiger partial charge in [0.25, 0.3) is 0 Å². The summed E-state index contributed by atoms with van der Waals surface area (Å²) in [4.78, 5) is 14.4. The van der Waals surface area contributed by atoms with Gasteiger partial charge in [0, 0.05) is 18.2 Å². The highest BCUT2D eigenvalue weighted by Gasteiger charge is 2.39. The van der Waals surface area contributed by atoms with Gasteiger partial charge in [0.15, 0.2) is 0 Å². The number of rotatable bonds is 1. The van der Waals surface area contributed by atoms with E-state index < -0.39 is 0 Å². The lowest BCUT2D eigenvalue weighted by atomic mass is 9.74. The fourth-order valence-corrected chi connectivity index (χ4v) is 2.43. The number of allylic oxidation sites excluding steroid dienone is 5. The molecule has 2 rings (SSSR count). The zero-order valence-electron chi connectivity index (χ0n) is 11.8. The summed E-state index contributed by atoms with van der Waals surface area (Å²) in [5, 5.41) is 0. The van der Waals surface area contributed by atoms with Crippen molar-refractivity contribution in [1.82, 2.24) is 4.90 Å². The van der Waals surface area contributed by atoms with E-state index in [0.717, 1.165) is 18.7 Å². The average Bonchev–Trinajstić information content (AvgIpc) is 2.52. The van der Waals surface area contributed by atoms with Crippen molar-refractivity contribution in [3.63, 3.8) is 0 Å². The summed E-state index contributed by atoms with van der Waals surface area (Å²) in [7, 11) is 0. The predicted octanol–water partition coefficient (Wildman–Crippen LogP) is 3.53. The van der Waals surface area contributed by atoms with E-state index in [9.17, 15) is 4.79 Å². The van der Waals surface area contributed by atoms with Gasteiger partial charge in [-0.25, -0.2) is 0 Å². The summed E-state index contributed by atoms with van der Waals surface area (Å²) in [6, 6.07) is 0. The van der Waals surface area contributed by atoms with E-state index in [1.165, 1.54) is 0 Å². The Kier molecular flexibility index (Phi) is 3.47. The van der Waals surface area contributed by atoms with Crippen molar-refractivity contribution in [2.45, 2.75) is 34.1 Å². The SMILES string of the molecule is CC1C=CC=C(N2CCC(C)(C)C(C)C2=O)C=C1. The third-order valence-electron chi connectivity index (χ3n) is 4.35. The van der Waals surface area contributed by atoms with Gasteiger partial charge in [-0.05, 0) is 29.9 Å². The Morgan fingerprint density at radius 1 is 1.28 bits per heavy atom. The number of likely N-dealkylation sites (tertiary alicyclic amines) is 1. The number of carbonyl (C=O) groups is 1. The standard InChI is InChI=1S/C16H23NO/c1-12-6-5-7-14(9-8-12)17-11-10-16(3,4)13(2)15(17)18/h5-9,12-13H,10-11H2,1-4H3. The van der Waals surface area contributed by atoms with Gasteiger partial charge in [-0.3, -0.25) is 4.79 Å². The van der Waals surface area contributed by atoms with Crippen LogP contribution in [-0.2, 0) is 4.79 Å². The van der Waals surface area contributed by atoms with Crippen LogP contribution in [0.4, 0.5) is 0 Å². The second-order valence-electron chi connectivity index (χ2n) is 6.14. The number of nitrogens with zero attached hydrogens (tertiary/aromatic N) is 1. The molecule has 0 N–H and O–H groups in total. The molecule has 2 atom stereocenters. The highest BCUT2D eigenvalue weighted by Crippen LogP contribution is 2.37. The van der Waals surface area contributed by atoms with Gasteiger partial charge in [0.2, 0.25) is 5.91 Å². The van der Waals surface area contributed by atoms with Crippen molar-refractivity contribution in [2.24, 2.45) is 17.3 Å². The minimum absolute atomic E-state index is 0.0882. The molecule has 2 nitrogen and oxygen atoms in total. The zero-order chi connectivity index (χ0) is 13.3. The minimum atomic E-state index is 0.0882. The van der Waals surface area contributed by atoms with Crippen molar-refractivity contribution in [3.8, 4) is 0 Å². The first-order valence-corrected chi connectivity index (χ1v) is 6.80. The summed E-state index contributed by atoms with van der Waals surface area (Å²) >= 11 is 0. The summed E-state index contributed by atoms with van der Waals surface area (Å²) in [6.07, 6.45) is 11.5. The van der Waals surface area contributed by atoms with Crippen LogP contribution in [0.15, 0.2) is 36.1 Å². The maximum Gasteiger partial charge on any atom is 0.230 e. The highest BCUT2D eigenvalue weighted by atomic mass is 16.2. The predicted molar refractivity (Wildman–Crippen MR) is 74.8 cm³/mol. The molecule has 18 heavy (non-hydrogen) atoms. The molecule has 0 aromatic carbocycles. The Bertz CT molecular complexity index is 428. The quantitative estimate of drug-likeness (QED) is 0.692. The van der Waals surface area contributed by atoms with Crippen molar-refractivity contribution >= 4 is 5.91 Å². The molecule has 1 amide bonds. The molecular weight excluding hydrogens is 222 g/mol. The lowest BCUT2D eigenvalue weighted by molar-refractivity contribution is -0.141. The van der Waals surface area contributed by atoms with Gasteiger partial charge < -0.3 is 4.90 Å². The molecule has 2 aliphatic rings. The molecule has 2 heteroatoms. The zero-order valence-corrected chi connectivity index (χ0v) is 11.8. The molecule has 1 aliphatic heterocycles. The highest BCUT2D eigenvalue weighted by molar-refractivity contribution is 5.82. The number of amides is 1. The lowest BCUT2D eigenvalue weighted by Gasteiger charge is -2.41. The van der Waals surface area contributed by atoms with Crippen molar-refractivity contribution in [2.75, 3.05) is 6.54 Å². The molecule has 2 unspecified atom stereocenters. The molecule has 0 radical (unpaired) electrons. The van der Waals surface area contributed by atoms with E-state index in [1.54, 1.807) is 0 Å². The Morgan fingerprint density at radius 3 is 2.72 bits per heavy atom.